The van der Waals surface area contributed by atoms with Gasteiger partial charge in [-0.2, -0.15) is 0 Å². The fourth-order valence-electron chi connectivity index (χ4n) is 6.97. The molecule has 170 valence electrons. The Bertz CT molecular complexity index is 2570. The average molecular weight is 471 g/mol. The van der Waals surface area contributed by atoms with Gasteiger partial charge in [-0.1, -0.05) is 78.9 Å². The van der Waals surface area contributed by atoms with Crippen LogP contribution in [0.1, 0.15) is 0 Å². The molecule has 3 nitrogen and oxygen atoms in total. The van der Waals surface area contributed by atoms with E-state index in [1.165, 1.54) is 65.2 Å². The van der Waals surface area contributed by atoms with E-state index in [4.69, 9.17) is 4.42 Å². The third-order valence-corrected chi connectivity index (χ3v) is 8.41. The summed E-state index contributed by atoms with van der Waals surface area (Å²) in [5, 5.41) is 12.2. The third kappa shape index (κ3) is 2.00. The fraction of sp³-hybridized carbons (Fsp3) is 0. The smallest absolute Gasteiger partial charge is 0.144 e. The summed E-state index contributed by atoms with van der Waals surface area (Å²) in [6.45, 7) is 0. The summed E-state index contributed by atoms with van der Waals surface area (Å²) in [7, 11) is 0. The lowest BCUT2D eigenvalue weighted by molar-refractivity contribution is 0.673. The lowest BCUT2D eigenvalue weighted by atomic mass is 9.99. The molecular weight excluding hydrogens is 452 g/mol. The largest absolute Gasteiger partial charge is 0.455 e. The normalized spacial score (nSPS) is 12.9. The molecule has 0 amide bonds. The SMILES string of the molecule is c1ccc2c(c1)cc1c3c2[nH]c2cc4c5ccccc5oc4c(c4cccc5c6ccccc6n1c54)c23. The number of para-hydroxylation sites is 3. The maximum absolute atomic E-state index is 6.67. The Morgan fingerprint density at radius 3 is 2.24 bits per heavy atom. The molecule has 4 aromatic heterocycles. The Hall–Kier alpha value is -5.02. The van der Waals surface area contributed by atoms with E-state index in [9.17, 15) is 0 Å². The highest BCUT2D eigenvalue weighted by molar-refractivity contribution is 6.38. The van der Waals surface area contributed by atoms with E-state index in [-0.39, 0.29) is 0 Å². The van der Waals surface area contributed by atoms with E-state index in [0.717, 1.165) is 27.5 Å². The number of benzene rings is 6. The van der Waals surface area contributed by atoms with Gasteiger partial charge in [0.1, 0.15) is 11.2 Å². The highest BCUT2D eigenvalue weighted by Crippen LogP contribution is 2.47. The van der Waals surface area contributed by atoms with E-state index in [0.29, 0.717) is 0 Å². The molecule has 6 aromatic carbocycles. The zero-order valence-electron chi connectivity index (χ0n) is 19.7. The number of hydrogen-bond acceptors (Lipinski definition) is 1. The molecule has 0 bridgehead atoms. The van der Waals surface area contributed by atoms with Crippen molar-refractivity contribution in [2.75, 3.05) is 0 Å². The summed E-state index contributed by atoms with van der Waals surface area (Å²) in [4.78, 5) is 3.87. The van der Waals surface area contributed by atoms with Gasteiger partial charge >= 0.3 is 0 Å². The van der Waals surface area contributed by atoms with Crippen molar-refractivity contribution in [2.24, 2.45) is 0 Å². The van der Waals surface area contributed by atoms with Crippen LogP contribution in [0.4, 0.5) is 0 Å². The topological polar surface area (TPSA) is 33.3 Å². The Kier molecular flexibility index (Phi) is 2.98. The van der Waals surface area contributed by atoms with Crippen LogP contribution < -0.4 is 0 Å². The molecule has 3 heteroatoms. The van der Waals surface area contributed by atoms with Crippen LogP contribution in [0.15, 0.2) is 108 Å². The van der Waals surface area contributed by atoms with Crippen LogP contribution in [0.25, 0.3) is 92.6 Å². The molecule has 1 N–H and O–H groups in total. The van der Waals surface area contributed by atoms with Crippen molar-refractivity contribution in [1.29, 1.82) is 0 Å². The Morgan fingerprint density at radius 1 is 0.541 bits per heavy atom. The number of nitrogens with one attached hydrogen (secondary N) is 1. The number of hydrogen-bond donors (Lipinski definition) is 1. The van der Waals surface area contributed by atoms with Gasteiger partial charge in [-0.05, 0) is 29.7 Å². The Balaban J connectivity index is 1.70. The summed E-state index contributed by atoms with van der Waals surface area (Å²) >= 11 is 0. The van der Waals surface area contributed by atoms with Gasteiger partial charge in [-0.3, -0.25) is 0 Å². The first-order valence-corrected chi connectivity index (χ1v) is 12.7. The summed E-state index contributed by atoms with van der Waals surface area (Å²) in [6.07, 6.45) is 0. The molecule has 0 aliphatic heterocycles. The monoisotopic (exact) mass is 470 g/mol. The van der Waals surface area contributed by atoms with E-state index in [1.54, 1.807) is 0 Å². The van der Waals surface area contributed by atoms with Crippen molar-refractivity contribution in [3.63, 3.8) is 0 Å². The zero-order chi connectivity index (χ0) is 23.8. The van der Waals surface area contributed by atoms with Gasteiger partial charge < -0.3 is 13.8 Å². The number of aromatic amines is 1. The summed E-state index contributed by atoms with van der Waals surface area (Å²) in [5.74, 6) is 0. The van der Waals surface area contributed by atoms with Gasteiger partial charge in [0, 0.05) is 54.0 Å². The fourth-order valence-corrected chi connectivity index (χ4v) is 6.97. The Morgan fingerprint density at radius 2 is 1.30 bits per heavy atom. The second-order valence-electron chi connectivity index (χ2n) is 10.2. The average Bonchev–Trinajstić information content (AvgIpc) is 3.58. The maximum atomic E-state index is 6.67. The first-order chi connectivity index (χ1) is 18.4. The molecule has 0 unspecified atom stereocenters. The lowest BCUT2D eigenvalue weighted by Gasteiger charge is -2.05. The third-order valence-electron chi connectivity index (χ3n) is 8.41. The van der Waals surface area contributed by atoms with E-state index in [1.807, 2.05) is 6.07 Å². The standard InChI is InChI=1S/C34H18N2O/c1-2-9-19-18(8-1)16-27-31-30-25(35-32(19)31)17-24-21-11-4-6-15-28(21)37-34(24)29(30)23-13-7-12-22-20-10-3-5-14-26(20)36(27)33(22)23/h1-17,35H. The Labute approximate surface area is 209 Å². The van der Waals surface area contributed by atoms with Crippen LogP contribution in [-0.2, 0) is 0 Å². The minimum Gasteiger partial charge on any atom is -0.455 e. The van der Waals surface area contributed by atoms with Gasteiger partial charge in [0.05, 0.1) is 22.1 Å². The number of nitrogens with zero attached hydrogens (tertiary/aromatic N) is 1. The maximum Gasteiger partial charge on any atom is 0.144 e. The molecule has 0 saturated carbocycles. The molecule has 0 radical (unpaired) electrons. The number of rotatable bonds is 0. The van der Waals surface area contributed by atoms with Gasteiger partial charge in [0.25, 0.3) is 0 Å². The molecule has 10 rings (SSSR count). The number of furan rings is 1. The quantitative estimate of drug-likeness (QED) is 0.235. The number of fused-ring (bicyclic) bond motifs is 11. The molecule has 0 spiro atoms. The van der Waals surface area contributed by atoms with Crippen molar-refractivity contribution in [1.82, 2.24) is 9.38 Å². The molecule has 0 aliphatic carbocycles. The predicted molar refractivity (Wildman–Crippen MR) is 155 cm³/mol. The molecule has 0 atom stereocenters. The second-order valence-corrected chi connectivity index (χ2v) is 10.2. The molecule has 37 heavy (non-hydrogen) atoms. The van der Waals surface area contributed by atoms with Crippen molar-refractivity contribution >= 4 is 92.6 Å². The lowest BCUT2D eigenvalue weighted by Crippen LogP contribution is -1.86. The van der Waals surface area contributed by atoms with Gasteiger partial charge in [0.2, 0.25) is 0 Å². The van der Waals surface area contributed by atoms with Crippen LogP contribution in [0.3, 0.4) is 0 Å². The van der Waals surface area contributed by atoms with Gasteiger partial charge in [-0.15, -0.1) is 0 Å². The molecule has 0 saturated heterocycles. The van der Waals surface area contributed by atoms with Crippen LogP contribution in [-0.4, -0.2) is 9.38 Å². The van der Waals surface area contributed by atoms with E-state index < -0.39 is 0 Å². The van der Waals surface area contributed by atoms with Crippen LogP contribution >= 0.6 is 0 Å². The van der Waals surface area contributed by atoms with E-state index in [2.05, 4.69) is 106 Å². The first kappa shape index (κ1) is 18.3. The molecule has 0 fully saturated rings. The minimum absolute atomic E-state index is 0.924. The highest BCUT2D eigenvalue weighted by Gasteiger charge is 2.23. The molecule has 4 heterocycles. The van der Waals surface area contributed by atoms with Crippen molar-refractivity contribution in [2.45, 2.75) is 0 Å². The number of aromatic nitrogens is 2. The highest BCUT2D eigenvalue weighted by atomic mass is 16.3. The van der Waals surface area contributed by atoms with Gasteiger partial charge in [0.15, 0.2) is 0 Å². The van der Waals surface area contributed by atoms with Crippen molar-refractivity contribution < 1.29 is 4.42 Å². The van der Waals surface area contributed by atoms with Crippen LogP contribution in [0, 0.1) is 0 Å². The summed E-state index contributed by atoms with van der Waals surface area (Å²) < 4.78 is 9.15. The summed E-state index contributed by atoms with van der Waals surface area (Å²) in [6, 6.07) is 37.2. The minimum atomic E-state index is 0.924. The first-order valence-electron chi connectivity index (χ1n) is 12.7. The molecule has 10 aromatic rings. The van der Waals surface area contributed by atoms with Crippen LogP contribution in [0.5, 0.6) is 0 Å². The number of H-pyrrole nitrogens is 1. The molecule has 0 aliphatic rings. The molecular formula is C34H18N2O. The second kappa shape index (κ2) is 6.03. The van der Waals surface area contributed by atoms with Crippen molar-refractivity contribution in [3.05, 3.63) is 103 Å². The van der Waals surface area contributed by atoms with Crippen molar-refractivity contribution in [3.8, 4) is 0 Å². The van der Waals surface area contributed by atoms with Gasteiger partial charge in [-0.25, -0.2) is 0 Å². The zero-order valence-corrected chi connectivity index (χ0v) is 19.7. The van der Waals surface area contributed by atoms with Crippen LogP contribution in [0.2, 0.25) is 0 Å². The van der Waals surface area contributed by atoms with E-state index >= 15 is 0 Å². The summed E-state index contributed by atoms with van der Waals surface area (Å²) in [5.41, 5.74) is 7.89. The predicted octanol–water partition coefficient (Wildman–Crippen LogP) is 9.52.